The van der Waals surface area contributed by atoms with Crippen LogP contribution in [0.5, 0.6) is 0 Å². The molecule has 1 aliphatic heterocycles. The number of carbonyl (C=O) groups excluding carboxylic acids is 1. The largest absolute Gasteiger partial charge is 0.394 e. The van der Waals surface area contributed by atoms with Crippen molar-refractivity contribution in [2.24, 2.45) is 5.92 Å². The second-order valence-electron chi connectivity index (χ2n) is 6.12. The highest BCUT2D eigenvalue weighted by Gasteiger charge is 2.25. The topological polar surface area (TPSA) is 70.0 Å². The normalized spacial score (nSPS) is 16.7. The highest BCUT2D eigenvalue weighted by Crippen LogP contribution is 2.17. The van der Waals surface area contributed by atoms with Gasteiger partial charge < -0.3 is 19.8 Å². The molecular formula is C18H25NO4. The van der Waals surface area contributed by atoms with Gasteiger partial charge in [0.15, 0.2) is 0 Å². The van der Waals surface area contributed by atoms with E-state index in [1.54, 1.807) is 4.90 Å². The zero-order valence-electron chi connectivity index (χ0n) is 13.5. The van der Waals surface area contributed by atoms with E-state index in [1.807, 2.05) is 43.3 Å². The van der Waals surface area contributed by atoms with Crippen LogP contribution in [0.15, 0.2) is 35.9 Å². The summed E-state index contributed by atoms with van der Waals surface area (Å²) in [5.41, 5.74) is 2.10. The summed E-state index contributed by atoms with van der Waals surface area (Å²) in [7, 11) is 0. The Balaban J connectivity index is 2.00. The Kier molecular flexibility index (Phi) is 6.77. The van der Waals surface area contributed by atoms with E-state index in [-0.39, 0.29) is 25.0 Å². The maximum atomic E-state index is 12.4. The van der Waals surface area contributed by atoms with E-state index < -0.39 is 6.10 Å². The van der Waals surface area contributed by atoms with Gasteiger partial charge in [-0.3, -0.25) is 4.79 Å². The first-order valence-corrected chi connectivity index (χ1v) is 7.95. The number of benzene rings is 1. The first-order chi connectivity index (χ1) is 11.1. The van der Waals surface area contributed by atoms with Crippen molar-refractivity contribution in [2.45, 2.75) is 19.4 Å². The average Bonchev–Trinajstić information content (AvgIpc) is 2.50. The predicted octanol–water partition coefficient (Wildman–Crippen LogP) is 1.31. The molecule has 1 unspecified atom stereocenters. The van der Waals surface area contributed by atoms with E-state index in [2.05, 4.69) is 0 Å². The second-order valence-corrected chi connectivity index (χ2v) is 6.12. The summed E-state index contributed by atoms with van der Waals surface area (Å²) in [5.74, 6) is 0.265. The third-order valence-electron chi connectivity index (χ3n) is 3.82. The maximum Gasteiger partial charge on any atom is 0.223 e. The van der Waals surface area contributed by atoms with Crippen LogP contribution in [0.2, 0.25) is 0 Å². The van der Waals surface area contributed by atoms with Crippen molar-refractivity contribution in [3.8, 4) is 0 Å². The van der Waals surface area contributed by atoms with Crippen LogP contribution in [0, 0.1) is 5.92 Å². The van der Waals surface area contributed by atoms with E-state index in [0.717, 1.165) is 11.1 Å². The summed E-state index contributed by atoms with van der Waals surface area (Å²) >= 11 is 0. The van der Waals surface area contributed by atoms with Gasteiger partial charge in [-0.15, -0.1) is 0 Å². The molecule has 1 aromatic rings. The van der Waals surface area contributed by atoms with Crippen LogP contribution in [-0.4, -0.2) is 60.0 Å². The summed E-state index contributed by atoms with van der Waals surface area (Å²) in [5, 5.41) is 18.7. The van der Waals surface area contributed by atoms with Gasteiger partial charge in [-0.25, -0.2) is 0 Å². The van der Waals surface area contributed by atoms with Crippen LogP contribution in [0.4, 0.5) is 0 Å². The van der Waals surface area contributed by atoms with Crippen molar-refractivity contribution in [3.05, 3.63) is 41.5 Å². The fourth-order valence-corrected chi connectivity index (χ4v) is 2.53. The molecule has 1 atom stereocenters. The minimum absolute atomic E-state index is 0.00777. The molecular weight excluding hydrogens is 294 g/mol. The molecule has 1 saturated heterocycles. The number of nitrogens with zero attached hydrogens (tertiary/aromatic N) is 1. The molecule has 0 radical (unpaired) electrons. The Labute approximate surface area is 137 Å². The first kappa shape index (κ1) is 17.7. The lowest BCUT2D eigenvalue weighted by atomic mass is 10.0. The Morgan fingerprint density at radius 2 is 2.09 bits per heavy atom. The summed E-state index contributed by atoms with van der Waals surface area (Å²) in [6, 6.07) is 9.90. The third kappa shape index (κ3) is 5.78. The molecule has 1 heterocycles. The van der Waals surface area contributed by atoms with Crippen molar-refractivity contribution >= 4 is 12.0 Å². The van der Waals surface area contributed by atoms with Gasteiger partial charge in [-0.1, -0.05) is 42.0 Å². The van der Waals surface area contributed by atoms with Crippen molar-refractivity contribution in [1.29, 1.82) is 0 Å². The van der Waals surface area contributed by atoms with Gasteiger partial charge in [-0.05, 0) is 12.5 Å². The van der Waals surface area contributed by atoms with Gasteiger partial charge in [0.05, 0.1) is 25.9 Å². The number of amides is 1. The highest BCUT2D eigenvalue weighted by atomic mass is 16.5. The zero-order chi connectivity index (χ0) is 16.7. The molecule has 5 heteroatoms. The number of rotatable bonds is 8. The number of aliphatic hydroxyl groups excluding tert-OH is 2. The third-order valence-corrected chi connectivity index (χ3v) is 3.82. The minimum Gasteiger partial charge on any atom is -0.394 e. The van der Waals surface area contributed by atoms with E-state index in [4.69, 9.17) is 9.84 Å². The Hall–Kier alpha value is -1.69. The van der Waals surface area contributed by atoms with Gasteiger partial charge >= 0.3 is 0 Å². The zero-order valence-corrected chi connectivity index (χ0v) is 13.5. The van der Waals surface area contributed by atoms with Gasteiger partial charge in [-0.2, -0.15) is 0 Å². The summed E-state index contributed by atoms with van der Waals surface area (Å²) in [4.78, 5) is 14.1. The van der Waals surface area contributed by atoms with Crippen LogP contribution in [0.3, 0.4) is 0 Å². The minimum atomic E-state index is -0.916. The molecule has 2 N–H and O–H groups in total. The fraction of sp³-hybridized carbons (Fsp3) is 0.500. The molecule has 0 spiro atoms. The smallest absolute Gasteiger partial charge is 0.223 e. The molecule has 0 bridgehead atoms. The Bertz CT molecular complexity index is 525. The number of hydrogen-bond acceptors (Lipinski definition) is 4. The molecule has 1 aliphatic rings. The van der Waals surface area contributed by atoms with Crippen LogP contribution < -0.4 is 0 Å². The highest BCUT2D eigenvalue weighted by molar-refractivity contribution is 5.77. The Morgan fingerprint density at radius 1 is 1.39 bits per heavy atom. The molecule has 5 nitrogen and oxygen atoms in total. The first-order valence-electron chi connectivity index (χ1n) is 7.95. The van der Waals surface area contributed by atoms with E-state index >= 15 is 0 Å². The number of hydrogen-bond donors (Lipinski definition) is 2. The molecule has 0 aromatic heterocycles. The number of carbonyl (C=O) groups is 1. The average molecular weight is 319 g/mol. The lowest BCUT2D eigenvalue weighted by Crippen LogP contribution is -2.42. The molecule has 0 saturated carbocycles. The lowest BCUT2D eigenvalue weighted by molar-refractivity contribution is -0.137. The lowest BCUT2D eigenvalue weighted by Gasteiger charge is -2.30. The van der Waals surface area contributed by atoms with E-state index in [1.165, 1.54) is 0 Å². The predicted molar refractivity (Wildman–Crippen MR) is 88.7 cm³/mol. The molecule has 126 valence electrons. The summed E-state index contributed by atoms with van der Waals surface area (Å²) in [6.45, 7) is 3.45. The van der Waals surface area contributed by atoms with Gasteiger partial charge in [0.2, 0.25) is 5.91 Å². The molecule has 23 heavy (non-hydrogen) atoms. The van der Waals surface area contributed by atoms with E-state index in [0.29, 0.717) is 26.2 Å². The molecule has 2 rings (SSSR count). The summed E-state index contributed by atoms with van der Waals surface area (Å²) in [6.07, 6.45) is 1.54. The molecule has 1 aromatic carbocycles. The van der Waals surface area contributed by atoms with E-state index in [9.17, 15) is 9.90 Å². The second kappa shape index (κ2) is 8.82. The van der Waals surface area contributed by atoms with Gasteiger partial charge in [0.25, 0.3) is 0 Å². The van der Waals surface area contributed by atoms with Crippen LogP contribution in [-0.2, 0) is 9.53 Å². The van der Waals surface area contributed by atoms with Crippen LogP contribution in [0.25, 0.3) is 6.08 Å². The van der Waals surface area contributed by atoms with Crippen molar-refractivity contribution in [2.75, 3.05) is 32.9 Å². The maximum absolute atomic E-state index is 12.4. The molecule has 0 aliphatic carbocycles. The van der Waals surface area contributed by atoms with Crippen LogP contribution in [0.1, 0.15) is 18.9 Å². The Morgan fingerprint density at radius 3 is 2.65 bits per heavy atom. The monoisotopic (exact) mass is 319 g/mol. The van der Waals surface area contributed by atoms with Crippen molar-refractivity contribution in [3.63, 3.8) is 0 Å². The SMILES string of the molecule is C/C(=C\c1ccccc1)CN(CC(O)CO)C(=O)CC1COC1. The standard InChI is InChI=1S/C18H25NO4/c1-14(7-15-5-3-2-4-6-15)9-19(10-17(21)11-20)18(22)8-16-12-23-13-16/h2-7,16-17,20-21H,8-13H2,1H3/b14-7+. The number of aliphatic hydroxyl groups is 2. The van der Waals surface area contributed by atoms with Gasteiger partial charge in [0, 0.05) is 25.4 Å². The van der Waals surface area contributed by atoms with Crippen molar-refractivity contribution in [1.82, 2.24) is 4.90 Å². The van der Waals surface area contributed by atoms with Crippen molar-refractivity contribution < 1.29 is 19.7 Å². The molecule has 1 fully saturated rings. The van der Waals surface area contributed by atoms with Gasteiger partial charge in [0.1, 0.15) is 0 Å². The summed E-state index contributed by atoms with van der Waals surface area (Å²) < 4.78 is 5.11. The van der Waals surface area contributed by atoms with Crippen LogP contribution >= 0.6 is 0 Å². The fourth-order valence-electron chi connectivity index (χ4n) is 2.53. The quantitative estimate of drug-likeness (QED) is 0.758. The molecule has 1 amide bonds. The number of ether oxygens (including phenoxy) is 1.